The van der Waals surface area contributed by atoms with Crippen LogP contribution in [0.15, 0.2) is 0 Å². The fraction of sp³-hybridized carbons (Fsp3) is 0.818. The van der Waals surface area contributed by atoms with Gasteiger partial charge in [-0.05, 0) is 19.8 Å². The first-order chi connectivity index (χ1) is 8.13. The van der Waals surface area contributed by atoms with Gasteiger partial charge in [0.2, 0.25) is 5.91 Å². The number of amides is 2. The standard InChI is InChI=1S/C11H19N3O3/c1-7-10(15)13-4-5-14(7)11(16)9-3-2-8(6-12)17-9/h7-9H,2-6,12H2,1H3,(H,13,15)/t7?,8-,9+/m1/s1. The lowest BCUT2D eigenvalue weighted by atomic mass is 10.1. The highest BCUT2D eigenvalue weighted by Gasteiger charge is 2.37. The van der Waals surface area contributed by atoms with Gasteiger partial charge in [-0.25, -0.2) is 0 Å². The van der Waals surface area contributed by atoms with Gasteiger partial charge in [0.25, 0.3) is 5.91 Å². The van der Waals surface area contributed by atoms with Crippen molar-refractivity contribution in [3.05, 3.63) is 0 Å². The third kappa shape index (κ3) is 2.42. The van der Waals surface area contributed by atoms with Crippen LogP contribution in [0.3, 0.4) is 0 Å². The molecule has 0 aromatic rings. The maximum atomic E-state index is 12.2. The van der Waals surface area contributed by atoms with Crippen LogP contribution in [-0.4, -0.2) is 54.6 Å². The molecule has 2 fully saturated rings. The molecule has 0 bridgehead atoms. The Hall–Kier alpha value is -1.14. The monoisotopic (exact) mass is 241 g/mol. The van der Waals surface area contributed by atoms with Crippen LogP contribution in [0.5, 0.6) is 0 Å². The molecule has 2 heterocycles. The summed E-state index contributed by atoms with van der Waals surface area (Å²) < 4.78 is 5.56. The van der Waals surface area contributed by atoms with Crippen LogP contribution in [0.25, 0.3) is 0 Å². The van der Waals surface area contributed by atoms with Gasteiger partial charge in [0.1, 0.15) is 12.1 Å². The van der Waals surface area contributed by atoms with Crippen LogP contribution < -0.4 is 11.1 Å². The molecule has 6 heteroatoms. The average molecular weight is 241 g/mol. The molecule has 0 aliphatic carbocycles. The van der Waals surface area contributed by atoms with Crippen molar-refractivity contribution in [3.63, 3.8) is 0 Å². The van der Waals surface area contributed by atoms with Crippen LogP contribution in [0.4, 0.5) is 0 Å². The third-order valence-corrected chi connectivity index (χ3v) is 3.43. The zero-order valence-corrected chi connectivity index (χ0v) is 10.0. The van der Waals surface area contributed by atoms with E-state index in [2.05, 4.69) is 5.32 Å². The van der Waals surface area contributed by atoms with E-state index in [1.807, 2.05) is 0 Å². The predicted molar refractivity (Wildman–Crippen MR) is 61.1 cm³/mol. The zero-order chi connectivity index (χ0) is 12.4. The Bertz CT molecular complexity index is 321. The molecule has 2 aliphatic heterocycles. The largest absolute Gasteiger partial charge is 0.364 e. The number of piperazine rings is 1. The molecule has 96 valence electrons. The van der Waals surface area contributed by atoms with Crippen LogP contribution in [-0.2, 0) is 14.3 Å². The van der Waals surface area contributed by atoms with E-state index >= 15 is 0 Å². The fourth-order valence-corrected chi connectivity index (χ4v) is 2.33. The van der Waals surface area contributed by atoms with Crippen LogP contribution in [0.2, 0.25) is 0 Å². The molecule has 2 saturated heterocycles. The van der Waals surface area contributed by atoms with Gasteiger partial charge in [-0.1, -0.05) is 0 Å². The topological polar surface area (TPSA) is 84.7 Å². The van der Waals surface area contributed by atoms with Crippen molar-refractivity contribution in [2.45, 2.75) is 38.0 Å². The van der Waals surface area contributed by atoms with Crippen molar-refractivity contribution in [2.75, 3.05) is 19.6 Å². The number of rotatable bonds is 2. The van der Waals surface area contributed by atoms with Crippen molar-refractivity contribution < 1.29 is 14.3 Å². The first kappa shape index (κ1) is 12.3. The lowest BCUT2D eigenvalue weighted by Gasteiger charge is -2.34. The van der Waals surface area contributed by atoms with Crippen LogP contribution >= 0.6 is 0 Å². The van der Waals surface area contributed by atoms with Gasteiger partial charge < -0.3 is 20.7 Å². The summed E-state index contributed by atoms with van der Waals surface area (Å²) in [6, 6.07) is -0.406. The molecule has 17 heavy (non-hydrogen) atoms. The predicted octanol–water partition coefficient (Wildman–Crippen LogP) is -1.16. The quantitative estimate of drug-likeness (QED) is 0.638. The first-order valence-electron chi connectivity index (χ1n) is 6.07. The second-order valence-corrected chi connectivity index (χ2v) is 4.56. The van der Waals surface area contributed by atoms with E-state index in [1.54, 1.807) is 11.8 Å². The van der Waals surface area contributed by atoms with E-state index in [9.17, 15) is 9.59 Å². The van der Waals surface area contributed by atoms with Gasteiger partial charge in [0.15, 0.2) is 0 Å². The smallest absolute Gasteiger partial charge is 0.252 e. The Kier molecular flexibility index (Phi) is 3.63. The highest BCUT2D eigenvalue weighted by atomic mass is 16.5. The minimum absolute atomic E-state index is 0.0159. The SMILES string of the molecule is CC1C(=O)NCCN1C(=O)[C@@H]1CC[C@H](CN)O1. The molecule has 3 atom stereocenters. The van der Waals surface area contributed by atoms with Gasteiger partial charge in [-0.15, -0.1) is 0 Å². The fourth-order valence-electron chi connectivity index (χ4n) is 2.33. The molecule has 0 aromatic carbocycles. The van der Waals surface area contributed by atoms with Gasteiger partial charge in [0, 0.05) is 19.6 Å². The molecule has 3 N–H and O–H groups in total. The number of nitrogens with one attached hydrogen (secondary N) is 1. The summed E-state index contributed by atoms with van der Waals surface area (Å²) in [5.74, 6) is -0.179. The second kappa shape index (κ2) is 5.01. The van der Waals surface area contributed by atoms with E-state index in [-0.39, 0.29) is 17.9 Å². The molecule has 0 spiro atoms. The molecule has 0 aromatic heterocycles. The first-order valence-corrected chi connectivity index (χ1v) is 6.07. The van der Waals surface area contributed by atoms with Gasteiger partial charge in [-0.2, -0.15) is 0 Å². The maximum Gasteiger partial charge on any atom is 0.252 e. The minimum Gasteiger partial charge on any atom is -0.364 e. The molecule has 0 saturated carbocycles. The molecular formula is C11H19N3O3. The number of carbonyl (C=O) groups excluding carboxylic acids is 2. The normalized spacial score (nSPS) is 33.6. The van der Waals surface area contributed by atoms with Crippen LogP contribution in [0, 0.1) is 0 Å². The van der Waals surface area contributed by atoms with Gasteiger partial charge >= 0.3 is 0 Å². The molecule has 2 aliphatic rings. The van der Waals surface area contributed by atoms with E-state index in [0.717, 1.165) is 6.42 Å². The number of nitrogens with zero attached hydrogens (tertiary/aromatic N) is 1. The lowest BCUT2D eigenvalue weighted by Crippen LogP contribution is -2.58. The summed E-state index contributed by atoms with van der Waals surface area (Å²) in [6.07, 6.45) is 1.09. The number of nitrogens with two attached hydrogens (primary N) is 1. The highest BCUT2D eigenvalue weighted by molar-refractivity contribution is 5.90. The van der Waals surface area contributed by atoms with E-state index in [4.69, 9.17) is 10.5 Å². The highest BCUT2D eigenvalue weighted by Crippen LogP contribution is 2.22. The van der Waals surface area contributed by atoms with Crippen molar-refractivity contribution in [1.82, 2.24) is 10.2 Å². The maximum absolute atomic E-state index is 12.2. The molecule has 2 rings (SSSR count). The summed E-state index contributed by atoms with van der Waals surface area (Å²) in [6.45, 7) is 3.25. The summed E-state index contributed by atoms with van der Waals surface area (Å²) >= 11 is 0. The van der Waals surface area contributed by atoms with Crippen molar-refractivity contribution in [2.24, 2.45) is 5.73 Å². The van der Waals surface area contributed by atoms with Gasteiger partial charge in [-0.3, -0.25) is 9.59 Å². The van der Waals surface area contributed by atoms with E-state index < -0.39 is 12.1 Å². The Balaban J connectivity index is 1.97. The molecule has 2 amide bonds. The molecule has 6 nitrogen and oxygen atoms in total. The summed E-state index contributed by atoms with van der Waals surface area (Å²) in [5.41, 5.74) is 5.51. The van der Waals surface area contributed by atoms with Crippen molar-refractivity contribution in [1.29, 1.82) is 0 Å². The second-order valence-electron chi connectivity index (χ2n) is 4.56. The van der Waals surface area contributed by atoms with Crippen molar-refractivity contribution >= 4 is 11.8 Å². The van der Waals surface area contributed by atoms with E-state index in [0.29, 0.717) is 26.1 Å². The third-order valence-electron chi connectivity index (χ3n) is 3.43. The lowest BCUT2D eigenvalue weighted by molar-refractivity contribution is -0.150. The Morgan fingerprint density at radius 2 is 2.35 bits per heavy atom. The number of carbonyl (C=O) groups is 2. The van der Waals surface area contributed by atoms with Crippen LogP contribution in [0.1, 0.15) is 19.8 Å². The van der Waals surface area contributed by atoms with Gasteiger partial charge in [0.05, 0.1) is 6.10 Å². The Morgan fingerprint density at radius 3 is 3.00 bits per heavy atom. The Morgan fingerprint density at radius 1 is 1.59 bits per heavy atom. The number of hydrogen-bond donors (Lipinski definition) is 2. The zero-order valence-electron chi connectivity index (χ0n) is 10.0. The Labute approximate surface area is 100 Å². The summed E-state index contributed by atoms with van der Waals surface area (Å²) in [4.78, 5) is 25.3. The molecular weight excluding hydrogens is 222 g/mol. The summed E-state index contributed by atoms with van der Waals surface area (Å²) in [5, 5.41) is 2.73. The molecule has 0 radical (unpaired) electrons. The summed E-state index contributed by atoms with van der Waals surface area (Å²) in [7, 11) is 0. The number of ether oxygens (including phenoxy) is 1. The van der Waals surface area contributed by atoms with E-state index in [1.165, 1.54) is 0 Å². The van der Waals surface area contributed by atoms with Crippen molar-refractivity contribution in [3.8, 4) is 0 Å². The number of hydrogen-bond acceptors (Lipinski definition) is 4. The molecule has 1 unspecified atom stereocenters. The average Bonchev–Trinajstić information content (AvgIpc) is 2.80. The minimum atomic E-state index is -0.420.